The third-order valence-electron chi connectivity index (χ3n) is 3.94. The van der Waals surface area contributed by atoms with Gasteiger partial charge in [-0.3, -0.25) is 19.8 Å². The first-order chi connectivity index (χ1) is 12.3. The minimum atomic E-state index is -1.05. The van der Waals surface area contributed by atoms with Crippen molar-refractivity contribution in [3.63, 3.8) is 0 Å². The molecule has 7 N–H and O–H groups in total. The predicted molar refractivity (Wildman–Crippen MR) is 100.0 cm³/mol. The highest BCUT2D eigenvalue weighted by Gasteiger charge is 2.20. The Morgan fingerprint density at radius 2 is 1.77 bits per heavy atom. The summed E-state index contributed by atoms with van der Waals surface area (Å²) in [5, 5.41) is 12.6. The van der Waals surface area contributed by atoms with Crippen molar-refractivity contribution in [3.05, 3.63) is 0 Å². The molecule has 0 aliphatic carbocycles. The van der Waals surface area contributed by atoms with Gasteiger partial charge in [0.1, 0.15) is 6.54 Å². The second-order valence-corrected chi connectivity index (χ2v) is 6.58. The molecule has 0 radical (unpaired) electrons. The molecule has 152 valence electrons. The number of aliphatic carboxylic acids is 1. The van der Waals surface area contributed by atoms with Crippen LogP contribution in [0.4, 0.5) is 0 Å². The van der Waals surface area contributed by atoms with Crippen LogP contribution in [0.25, 0.3) is 0 Å². The van der Waals surface area contributed by atoms with Gasteiger partial charge in [-0.15, -0.1) is 0 Å². The summed E-state index contributed by atoms with van der Waals surface area (Å²) in [7, 11) is 1.46. The lowest BCUT2D eigenvalue weighted by atomic mass is 10.0. The van der Waals surface area contributed by atoms with Crippen molar-refractivity contribution >= 4 is 17.8 Å². The van der Waals surface area contributed by atoms with Crippen LogP contribution >= 0.6 is 0 Å². The number of hydrogen-bond donors (Lipinski definition) is 5. The number of amides is 2. The molecular weight excluding hydrogens is 338 g/mol. The van der Waals surface area contributed by atoms with E-state index in [0.717, 1.165) is 25.7 Å². The number of carboxylic acids is 1. The van der Waals surface area contributed by atoms with E-state index >= 15 is 0 Å². The number of carbonyl (C=O) groups excluding carboxylic acids is 2. The molecule has 0 heterocycles. The van der Waals surface area contributed by atoms with E-state index < -0.39 is 18.1 Å². The average Bonchev–Trinajstić information content (AvgIpc) is 2.53. The molecule has 0 bridgehead atoms. The van der Waals surface area contributed by atoms with Crippen molar-refractivity contribution in [1.82, 2.24) is 15.8 Å². The molecule has 0 aliphatic rings. The topological polar surface area (TPSA) is 151 Å². The van der Waals surface area contributed by atoms with Crippen LogP contribution in [-0.4, -0.2) is 60.1 Å². The molecule has 0 unspecified atom stereocenters. The zero-order chi connectivity index (χ0) is 19.9. The van der Waals surface area contributed by atoms with E-state index in [4.69, 9.17) is 16.6 Å². The molecule has 9 heteroatoms. The van der Waals surface area contributed by atoms with Gasteiger partial charge in [-0.25, -0.2) is 5.01 Å². The Hall–Kier alpha value is -1.71. The first kappa shape index (κ1) is 24.3. The summed E-state index contributed by atoms with van der Waals surface area (Å²) in [6, 6.07) is -1.04. The Bertz CT molecular complexity index is 433. The quantitative estimate of drug-likeness (QED) is 0.199. The monoisotopic (exact) mass is 373 g/mol. The van der Waals surface area contributed by atoms with E-state index in [0.29, 0.717) is 19.4 Å². The highest BCUT2D eigenvalue weighted by molar-refractivity contribution is 5.83. The Morgan fingerprint density at radius 1 is 1.12 bits per heavy atom. The number of rotatable bonds is 15. The second kappa shape index (κ2) is 14.5. The van der Waals surface area contributed by atoms with Crippen LogP contribution in [0.1, 0.15) is 58.3 Å². The van der Waals surface area contributed by atoms with Crippen molar-refractivity contribution in [2.45, 2.75) is 70.4 Å². The van der Waals surface area contributed by atoms with E-state index in [1.807, 2.05) is 0 Å². The fraction of sp³-hybridized carbons (Fsp3) is 0.824. The summed E-state index contributed by atoms with van der Waals surface area (Å²) in [6.07, 6.45) is 6.50. The van der Waals surface area contributed by atoms with Gasteiger partial charge in [-0.05, 0) is 19.4 Å². The summed E-state index contributed by atoms with van der Waals surface area (Å²) in [6.45, 7) is 2.14. The standard InChI is InChI=1S/C17H35N5O4/c1-3-4-5-6-7-8-14(19)17(26)20-13(9-10-18)11-15(23)21-22(2)12-16(24)25/h13-14H,3-12,18-19H2,1-2H3,(H,20,26)(H,21,23)(H,24,25)/t13-,14-/m0/s1. The maximum Gasteiger partial charge on any atom is 0.319 e. The molecule has 0 rings (SSSR count). The van der Waals surface area contributed by atoms with Crippen LogP contribution in [0.15, 0.2) is 0 Å². The average molecular weight is 373 g/mol. The molecular formula is C17H35N5O4. The van der Waals surface area contributed by atoms with Crippen LogP contribution in [0.3, 0.4) is 0 Å². The molecule has 0 aromatic rings. The van der Waals surface area contributed by atoms with Gasteiger partial charge < -0.3 is 21.9 Å². The lowest BCUT2D eigenvalue weighted by Crippen LogP contribution is -2.49. The van der Waals surface area contributed by atoms with Gasteiger partial charge in [-0.1, -0.05) is 39.0 Å². The van der Waals surface area contributed by atoms with E-state index in [-0.39, 0.29) is 24.8 Å². The Labute approximate surface area is 155 Å². The zero-order valence-corrected chi connectivity index (χ0v) is 16.0. The number of unbranched alkanes of at least 4 members (excludes halogenated alkanes) is 4. The molecule has 0 aromatic heterocycles. The van der Waals surface area contributed by atoms with Crippen molar-refractivity contribution in [1.29, 1.82) is 0 Å². The van der Waals surface area contributed by atoms with Crippen LogP contribution < -0.4 is 22.2 Å². The van der Waals surface area contributed by atoms with E-state index in [9.17, 15) is 14.4 Å². The molecule has 9 nitrogen and oxygen atoms in total. The summed E-state index contributed by atoms with van der Waals surface area (Å²) >= 11 is 0. The van der Waals surface area contributed by atoms with Crippen molar-refractivity contribution < 1.29 is 19.5 Å². The van der Waals surface area contributed by atoms with Gasteiger partial charge >= 0.3 is 5.97 Å². The molecule has 0 saturated heterocycles. The highest BCUT2D eigenvalue weighted by Crippen LogP contribution is 2.07. The Morgan fingerprint density at radius 3 is 2.35 bits per heavy atom. The zero-order valence-electron chi connectivity index (χ0n) is 16.0. The molecule has 26 heavy (non-hydrogen) atoms. The van der Waals surface area contributed by atoms with Gasteiger partial charge in [0.05, 0.1) is 6.04 Å². The molecule has 0 spiro atoms. The third-order valence-corrected chi connectivity index (χ3v) is 3.94. The molecule has 0 aliphatic heterocycles. The number of hydrogen-bond acceptors (Lipinski definition) is 6. The summed E-state index contributed by atoms with van der Waals surface area (Å²) in [4.78, 5) is 34.8. The first-order valence-corrected chi connectivity index (χ1v) is 9.28. The number of nitrogens with one attached hydrogen (secondary N) is 2. The van der Waals surface area contributed by atoms with Gasteiger partial charge in [0.15, 0.2) is 0 Å². The number of hydrazine groups is 1. The molecule has 0 aromatic carbocycles. The fourth-order valence-corrected chi connectivity index (χ4v) is 2.56. The summed E-state index contributed by atoms with van der Waals surface area (Å²) < 4.78 is 0. The number of carboxylic acid groups (broad SMARTS) is 1. The number of likely N-dealkylation sites (N-methyl/N-ethyl adjacent to an activating group) is 1. The van der Waals surface area contributed by atoms with E-state index in [1.165, 1.54) is 18.5 Å². The maximum absolute atomic E-state index is 12.2. The van der Waals surface area contributed by atoms with Crippen molar-refractivity contribution in [3.8, 4) is 0 Å². The van der Waals surface area contributed by atoms with Crippen LogP contribution in [0.2, 0.25) is 0 Å². The van der Waals surface area contributed by atoms with Gasteiger partial charge in [-0.2, -0.15) is 0 Å². The summed E-state index contributed by atoms with van der Waals surface area (Å²) in [5.41, 5.74) is 13.9. The van der Waals surface area contributed by atoms with Crippen LogP contribution in [-0.2, 0) is 14.4 Å². The normalized spacial score (nSPS) is 13.3. The number of nitrogens with zero attached hydrogens (tertiary/aromatic N) is 1. The maximum atomic E-state index is 12.2. The predicted octanol–water partition coefficient (Wildman–Crippen LogP) is -0.0545. The SMILES string of the molecule is CCCCCCC[C@H](N)C(=O)N[C@@H](CCN)CC(=O)NN(C)CC(=O)O. The molecule has 0 fully saturated rings. The van der Waals surface area contributed by atoms with E-state index in [1.54, 1.807) is 0 Å². The minimum absolute atomic E-state index is 0.0100. The Kier molecular flexibility index (Phi) is 13.5. The highest BCUT2D eigenvalue weighted by atomic mass is 16.4. The Balaban J connectivity index is 4.31. The lowest BCUT2D eigenvalue weighted by Gasteiger charge is -2.22. The lowest BCUT2D eigenvalue weighted by molar-refractivity contribution is -0.139. The second-order valence-electron chi connectivity index (χ2n) is 6.58. The van der Waals surface area contributed by atoms with Gasteiger partial charge in [0.2, 0.25) is 11.8 Å². The first-order valence-electron chi connectivity index (χ1n) is 9.28. The van der Waals surface area contributed by atoms with Gasteiger partial charge in [0.25, 0.3) is 0 Å². The van der Waals surface area contributed by atoms with Crippen LogP contribution in [0.5, 0.6) is 0 Å². The smallest absolute Gasteiger partial charge is 0.319 e. The largest absolute Gasteiger partial charge is 0.480 e. The fourth-order valence-electron chi connectivity index (χ4n) is 2.56. The third kappa shape index (κ3) is 12.6. The number of carbonyl (C=O) groups is 3. The van der Waals surface area contributed by atoms with E-state index in [2.05, 4.69) is 17.7 Å². The molecule has 2 atom stereocenters. The minimum Gasteiger partial charge on any atom is -0.480 e. The number of nitrogens with two attached hydrogens (primary N) is 2. The van der Waals surface area contributed by atoms with Crippen molar-refractivity contribution in [2.75, 3.05) is 20.1 Å². The van der Waals surface area contributed by atoms with Gasteiger partial charge in [0, 0.05) is 19.5 Å². The molecule has 2 amide bonds. The van der Waals surface area contributed by atoms with Crippen LogP contribution in [0, 0.1) is 0 Å². The van der Waals surface area contributed by atoms with Crippen molar-refractivity contribution in [2.24, 2.45) is 11.5 Å². The molecule has 0 saturated carbocycles. The summed E-state index contributed by atoms with van der Waals surface area (Å²) in [5.74, 6) is -1.73.